The summed E-state index contributed by atoms with van der Waals surface area (Å²) in [6.45, 7) is -0.275. The Bertz CT molecular complexity index is 633. The van der Waals surface area contributed by atoms with Crippen molar-refractivity contribution in [2.45, 2.75) is 32.1 Å². The minimum Gasteiger partial charge on any atom is -0.495 e. The molecule has 3 atom stereocenters. The van der Waals surface area contributed by atoms with Crippen LogP contribution in [0.2, 0.25) is 5.02 Å². The molecule has 2 fully saturated rings. The maximum Gasteiger partial charge on any atom is 0.306 e. The fourth-order valence-corrected chi connectivity index (χ4v) is 4.24. The van der Waals surface area contributed by atoms with Gasteiger partial charge in [-0.1, -0.05) is 18.0 Å². The zero-order chi connectivity index (χ0) is 17.1. The lowest BCUT2D eigenvalue weighted by atomic mass is 9.86. The number of halogens is 1. The van der Waals surface area contributed by atoms with Gasteiger partial charge in [0.15, 0.2) is 6.61 Å². The molecule has 1 aromatic rings. The molecule has 0 spiro atoms. The normalized spacial score (nSPS) is 24.7. The Morgan fingerprint density at radius 3 is 2.75 bits per heavy atom. The van der Waals surface area contributed by atoms with Crippen LogP contribution in [0.5, 0.6) is 5.75 Å². The van der Waals surface area contributed by atoms with E-state index in [1.54, 1.807) is 18.2 Å². The summed E-state index contributed by atoms with van der Waals surface area (Å²) in [5, 5.41) is 3.06. The number of esters is 1. The summed E-state index contributed by atoms with van der Waals surface area (Å²) in [5.74, 6) is 1.80. The van der Waals surface area contributed by atoms with E-state index in [9.17, 15) is 9.59 Å². The van der Waals surface area contributed by atoms with Crippen molar-refractivity contribution >= 4 is 29.2 Å². The van der Waals surface area contributed by atoms with Crippen LogP contribution in [0.3, 0.4) is 0 Å². The van der Waals surface area contributed by atoms with Crippen molar-refractivity contribution in [3.05, 3.63) is 23.2 Å². The third-order valence-electron chi connectivity index (χ3n) is 5.11. The smallest absolute Gasteiger partial charge is 0.306 e. The van der Waals surface area contributed by atoms with Crippen LogP contribution in [0.1, 0.15) is 32.1 Å². The van der Waals surface area contributed by atoms with Crippen LogP contribution in [0.25, 0.3) is 0 Å². The minimum absolute atomic E-state index is 0.275. The molecular weight excluding hydrogens is 330 g/mol. The van der Waals surface area contributed by atoms with Crippen molar-refractivity contribution in [3.8, 4) is 5.75 Å². The van der Waals surface area contributed by atoms with E-state index in [-0.39, 0.29) is 18.5 Å². The number of nitrogens with one attached hydrogen (secondary N) is 1. The lowest BCUT2D eigenvalue weighted by molar-refractivity contribution is -0.148. The van der Waals surface area contributed by atoms with E-state index < -0.39 is 0 Å². The Labute approximate surface area is 146 Å². The molecule has 1 N–H and O–H groups in total. The number of carbonyl (C=O) groups excluding carboxylic acids is 2. The second kappa shape index (κ2) is 7.43. The van der Waals surface area contributed by atoms with E-state index in [2.05, 4.69) is 5.32 Å². The number of hydrogen-bond acceptors (Lipinski definition) is 4. The van der Waals surface area contributed by atoms with Crippen LogP contribution >= 0.6 is 11.6 Å². The lowest BCUT2D eigenvalue weighted by Gasteiger charge is -2.20. The highest BCUT2D eigenvalue weighted by Crippen LogP contribution is 2.49. The quantitative estimate of drug-likeness (QED) is 0.794. The van der Waals surface area contributed by atoms with E-state index in [4.69, 9.17) is 21.1 Å². The Balaban J connectivity index is 1.42. The van der Waals surface area contributed by atoms with Crippen molar-refractivity contribution in [2.75, 3.05) is 19.0 Å². The third kappa shape index (κ3) is 4.01. The van der Waals surface area contributed by atoms with E-state index >= 15 is 0 Å². The predicted molar refractivity (Wildman–Crippen MR) is 91.1 cm³/mol. The first-order valence-electron chi connectivity index (χ1n) is 8.34. The van der Waals surface area contributed by atoms with Gasteiger partial charge in [0.05, 0.1) is 12.1 Å². The van der Waals surface area contributed by atoms with Crippen molar-refractivity contribution in [3.63, 3.8) is 0 Å². The highest BCUT2D eigenvalue weighted by atomic mass is 35.5. The third-order valence-corrected chi connectivity index (χ3v) is 5.41. The molecule has 2 bridgehead atoms. The van der Waals surface area contributed by atoms with E-state index in [1.165, 1.54) is 26.4 Å². The van der Waals surface area contributed by atoms with Crippen LogP contribution in [0.4, 0.5) is 5.69 Å². The SMILES string of the molecule is COc1ccc(NC(=O)COC(=O)CC2CC3CCC2C3)cc1Cl. The minimum atomic E-state index is -0.377. The van der Waals surface area contributed by atoms with Crippen LogP contribution in [0, 0.1) is 17.8 Å². The van der Waals surface area contributed by atoms with E-state index in [0.717, 1.165) is 12.3 Å². The van der Waals surface area contributed by atoms with Gasteiger partial charge in [0, 0.05) is 12.1 Å². The van der Waals surface area contributed by atoms with Crippen molar-refractivity contribution in [2.24, 2.45) is 17.8 Å². The monoisotopic (exact) mass is 351 g/mol. The van der Waals surface area contributed by atoms with Crippen molar-refractivity contribution in [1.29, 1.82) is 0 Å². The summed E-state index contributed by atoms with van der Waals surface area (Å²) in [7, 11) is 1.52. The maximum absolute atomic E-state index is 11.9. The maximum atomic E-state index is 11.9. The number of methoxy groups -OCH3 is 1. The predicted octanol–water partition coefficient (Wildman–Crippen LogP) is 3.66. The Morgan fingerprint density at radius 1 is 1.29 bits per heavy atom. The molecule has 1 amide bonds. The molecule has 0 saturated heterocycles. The highest BCUT2D eigenvalue weighted by Gasteiger charge is 2.40. The van der Waals surface area contributed by atoms with Gasteiger partial charge in [-0.05, 0) is 55.2 Å². The number of amides is 1. The van der Waals surface area contributed by atoms with Gasteiger partial charge in [-0.25, -0.2) is 0 Å². The molecular formula is C18H22ClNO4. The summed E-state index contributed by atoms with van der Waals surface area (Å²) in [5.41, 5.74) is 0.537. The molecule has 0 aliphatic heterocycles. The van der Waals surface area contributed by atoms with Crippen LogP contribution in [-0.4, -0.2) is 25.6 Å². The Kier molecular flexibility index (Phi) is 5.29. The number of anilines is 1. The summed E-state index contributed by atoms with van der Waals surface area (Å²) in [6, 6.07) is 4.94. The molecule has 24 heavy (non-hydrogen) atoms. The van der Waals surface area contributed by atoms with Crippen LogP contribution < -0.4 is 10.1 Å². The van der Waals surface area contributed by atoms with Gasteiger partial charge in [-0.15, -0.1) is 0 Å². The lowest BCUT2D eigenvalue weighted by Crippen LogP contribution is -2.23. The van der Waals surface area contributed by atoms with Gasteiger partial charge in [0.1, 0.15) is 5.75 Å². The number of hydrogen-bond donors (Lipinski definition) is 1. The van der Waals surface area contributed by atoms with Gasteiger partial charge in [-0.3, -0.25) is 9.59 Å². The average Bonchev–Trinajstić information content (AvgIpc) is 3.16. The molecule has 130 valence electrons. The summed E-state index contributed by atoms with van der Waals surface area (Å²) in [6.07, 6.45) is 5.38. The number of fused-ring (bicyclic) bond motifs is 2. The second-order valence-electron chi connectivity index (χ2n) is 6.70. The molecule has 0 aromatic heterocycles. The summed E-state index contributed by atoms with van der Waals surface area (Å²) < 4.78 is 10.2. The topological polar surface area (TPSA) is 64.6 Å². The fourth-order valence-electron chi connectivity index (χ4n) is 3.99. The molecule has 2 aliphatic rings. The molecule has 3 rings (SSSR count). The molecule has 2 saturated carbocycles. The van der Waals surface area contributed by atoms with E-state index in [0.29, 0.717) is 34.7 Å². The van der Waals surface area contributed by atoms with Crippen LogP contribution in [0.15, 0.2) is 18.2 Å². The molecule has 2 aliphatic carbocycles. The second-order valence-corrected chi connectivity index (χ2v) is 7.10. The molecule has 0 radical (unpaired) electrons. The first-order valence-corrected chi connectivity index (χ1v) is 8.72. The number of benzene rings is 1. The van der Waals surface area contributed by atoms with Crippen molar-refractivity contribution < 1.29 is 19.1 Å². The first-order chi connectivity index (χ1) is 11.5. The summed E-state index contributed by atoms with van der Waals surface area (Å²) in [4.78, 5) is 23.8. The zero-order valence-electron chi connectivity index (χ0n) is 13.7. The first kappa shape index (κ1) is 17.1. The number of ether oxygens (including phenoxy) is 2. The molecule has 1 aromatic carbocycles. The zero-order valence-corrected chi connectivity index (χ0v) is 14.5. The van der Waals surface area contributed by atoms with Crippen molar-refractivity contribution in [1.82, 2.24) is 0 Å². The molecule has 3 unspecified atom stereocenters. The van der Waals surface area contributed by atoms with Crippen LogP contribution in [-0.2, 0) is 14.3 Å². The summed E-state index contributed by atoms with van der Waals surface area (Å²) >= 11 is 6.00. The van der Waals surface area contributed by atoms with E-state index in [1.807, 2.05) is 0 Å². The van der Waals surface area contributed by atoms with Gasteiger partial charge >= 0.3 is 5.97 Å². The Morgan fingerprint density at radius 2 is 2.12 bits per heavy atom. The number of carbonyl (C=O) groups is 2. The Hall–Kier alpha value is -1.75. The fraction of sp³-hybridized carbons (Fsp3) is 0.556. The molecule has 5 nitrogen and oxygen atoms in total. The van der Waals surface area contributed by atoms with Gasteiger partial charge in [-0.2, -0.15) is 0 Å². The number of rotatable bonds is 6. The van der Waals surface area contributed by atoms with Gasteiger partial charge < -0.3 is 14.8 Å². The molecule has 6 heteroatoms. The average molecular weight is 352 g/mol. The highest BCUT2D eigenvalue weighted by molar-refractivity contribution is 6.32. The van der Waals surface area contributed by atoms with Gasteiger partial charge in [0.2, 0.25) is 0 Å². The molecule has 0 heterocycles. The largest absolute Gasteiger partial charge is 0.495 e. The van der Waals surface area contributed by atoms with Gasteiger partial charge in [0.25, 0.3) is 5.91 Å². The standard InChI is InChI=1S/C18H22ClNO4/c1-23-16-5-4-14(9-15(16)19)20-17(21)10-24-18(22)8-13-7-11-2-3-12(13)6-11/h4-5,9,11-13H,2-3,6-8,10H2,1H3,(H,20,21).